The number of anilines is 1. The Balaban J connectivity index is 2.31. The number of phenols is 1. The Morgan fingerprint density at radius 3 is 2.50 bits per heavy atom. The molecule has 0 aliphatic heterocycles. The van der Waals surface area contributed by atoms with E-state index in [-0.39, 0.29) is 10.7 Å². The van der Waals surface area contributed by atoms with Gasteiger partial charge in [-0.15, -0.1) is 0 Å². The topological polar surface area (TPSA) is 82.2 Å². The molecule has 0 fully saturated rings. The van der Waals surface area contributed by atoms with Crippen LogP contribution in [0.2, 0.25) is 5.02 Å². The number of alkyl halides is 3. The molecule has 1 aromatic carbocycles. The molecule has 0 bridgehead atoms. The molecule has 9 heteroatoms. The summed E-state index contributed by atoms with van der Waals surface area (Å²) >= 11 is 5.65. The Morgan fingerprint density at radius 2 is 1.91 bits per heavy atom. The van der Waals surface area contributed by atoms with Gasteiger partial charge in [0.25, 0.3) is 11.5 Å². The predicted molar refractivity (Wildman–Crippen MR) is 73.1 cm³/mol. The second-order valence-corrected chi connectivity index (χ2v) is 4.61. The number of pyridine rings is 1. The minimum Gasteiger partial charge on any atom is -0.504 e. The Hall–Kier alpha value is -2.48. The van der Waals surface area contributed by atoms with E-state index in [1.807, 2.05) is 0 Å². The number of aromatic hydroxyl groups is 1. The first kappa shape index (κ1) is 15.9. The maximum absolute atomic E-state index is 12.4. The molecule has 1 heterocycles. The number of hydrogen-bond donors (Lipinski definition) is 3. The molecule has 2 rings (SSSR count). The lowest BCUT2D eigenvalue weighted by Gasteiger charge is -2.09. The molecule has 0 unspecified atom stereocenters. The Labute approximate surface area is 126 Å². The first-order valence-electron chi connectivity index (χ1n) is 5.79. The van der Waals surface area contributed by atoms with Crippen LogP contribution in [0.1, 0.15) is 16.1 Å². The van der Waals surface area contributed by atoms with Crippen molar-refractivity contribution >= 4 is 23.2 Å². The maximum Gasteiger partial charge on any atom is 0.431 e. The van der Waals surface area contributed by atoms with Crippen molar-refractivity contribution in [1.29, 1.82) is 0 Å². The predicted octanol–water partition coefficient (Wildman–Crippen LogP) is 3.00. The minimum atomic E-state index is -4.72. The number of benzene rings is 1. The monoisotopic (exact) mass is 332 g/mol. The summed E-state index contributed by atoms with van der Waals surface area (Å²) in [5, 5.41) is 11.8. The molecular formula is C13H8ClF3N2O3. The normalized spacial score (nSPS) is 11.3. The number of para-hydroxylation sites is 1. The molecule has 1 amide bonds. The van der Waals surface area contributed by atoms with Crippen molar-refractivity contribution in [2.24, 2.45) is 0 Å². The highest BCUT2D eigenvalue weighted by Crippen LogP contribution is 2.31. The van der Waals surface area contributed by atoms with E-state index >= 15 is 0 Å². The molecule has 0 radical (unpaired) electrons. The van der Waals surface area contributed by atoms with E-state index in [1.165, 1.54) is 18.2 Å². The van der Waals surface area contributed by atoms with Gasteiger partial charge >= 0.3 is 6.18 Å². The third-order valence-electron chi connectivity index (χ3n) is 2.69. The van der Waals surface area contributed by atoms with Gasteiger partial charge in [-0.25, -0.2) is 0 Å². The van der Waals surface area contributed by atoms with Gasteiger partial charge < -0.3 is 15.4 Å². The largest absolute Gasteiger partial charge is 0.504 e. The number of amides is 1. The van der Waals surface area contributed by atoms with Crippen molar-refractivity contribution in [2.45, 2.75) is 6.18 Å². The van der Waals surface area contributed by atoms with Gasteiger partial charge in [-0.2, -0.15) is 13.2 Å². The summed E-state index contributed by atoms with van der Waals surface area (Å²) in [6.45, 7) is 0. The van der Waals surface area contributed by atoms with Crippen LogP contribution in [0.4, 0.5) is 18.9 Å². The number of aromatic amines is 1. The van der Waals surface area contributed by atoms with E-state index in [4.69, 9.17) is 11.6 Å². The smallest absolute Gasteiger partial charge is 0.431 e. The van der Waals surface area contributed by atoms with Gasteiger partial charge in [0.05, 0.1) is 10.7 Å². The van der Waals surface area contributed by atoms with Crippen molar-refractivity contribution in [3.63, 3.8) is 0 Å². The Kier molecular flexibility index (Phi) is 4.14. The summed E-state index contributed by atoms with van der Waals surface area (Å²) in [4.78, 5) is 25.0. The first-order valence-corrected chi connectivity index (χ1v) is 6.17. The average Bonchev–Trinajstić information content (AvgIpc) is 2.42. The number of halogens is 4. The lowest BCUT2D eigenvalue weighted by atomic mass is 10.2. The average molecular weight is 333 g/mol. The number of carbonyl (C=O) groups excluding carboxylic acids is 1. The molecule has 0 saturated carbocycles. The standard InChI is InChI=1S/C13H8ClF3N2O3/c14-7-2-1-3-8(10(7)20)18-11(21)6-4-5-9(13(15,16)17)19-12(6)22/h1-5,20H,(H,18,21)(H,19,22). The van der Waals surface area contributed by atoms with Crippen LogP contribution >= 0.6 is 11.6 Å². The van der Waals surface area contributed by atoms with Gasteiger partial charge in [-0.1, -0.05) is 17.7 Å². The minimum absolute atomic E-state index is 0.0286. The molecular weight excluding hydrogens is 325 g/mol. The highest BCUT2D eigenvalue weighted by Gasteiger charge is 2.32. The summed E-state index contributed by atoms with van der Waals surface area (Å²) in [5.74, 6) is -1.40. The van der Waals surface area contributed by atoms with Gasteiger partial charge in [-0.3, -0.25) is 9.59 Å². The van der Waals surface area contributed by atoms with Crippen LogP contribution in [-0.4, -0.2) is 16.0 Å². The molecule has 0 aliphatic rings. The molecule has 2 aromatic rings. The number of H-pyrrole nitrogens is 1. The van der Waals surface area contributed by atoms with Crippen LogP contribution in [-0.2, 0) is 6.18 Å². The fourth-order valence-electron chi connectivity index (χ4n) is 1.62. The number of phenolic OH excluding ortho intramolecular Hbond substituents is 1. The highest BCUT2D eigenvalue weighted by atomic mass is 35.5. The highest BCUT2D eigenvalue weighted by molar-refractivity contribution is 6.32. The molecule has 22 heavy (non-hydrogen) atoms. The second kappa shape index (κ2) is 5.72. The van der Waals surface area contributed by atoms with Gasteiger partial charge in [0, 0.05) is 0 Å². The van der Waals surface area contributed by atoms with Crippen molar-refractivity contribution in [2.75, 3.05) is 5.32 Å². The van der Waals surface area contributed by atoms with E-state index in [0.717, 1.165) is 6.07 Å². The quantitative estimate of drug-likeness (QED) is 0.739. The number of rotatable bonds is 2. The number of hydrogen-bond acceptors (Lipinski definition) is 3. The van der Waals surface area contributed by atoms with E-state index < -0.39 is 34.6 Å². The van der Waals surface area contributed by atoms with E-state index in [9.17, 15) is 27.9 Å². The molecule has 3 N–H and O–H groups in total. The fourth-order valence-corrected chi connectivity index (χ4v) is 1.80. The molecule has 0 aliphatic carbocycles. The zero-order chi connectivity index (χ0) is 16.5. The van der Waals surface area contributed by atoms with Crippen molar-refractivity contribution in [3.05, 3.63) is 57.0 Å². The Bertz CT molecular complexity index is 787. The summed E-state index contributed by atoms with van der Waals surface area (Å²) < 4.78 is 37.3. The van der Waals surface area contributed by atoms with Gasteiger partial charge in [0.15, 0.2) is 5.75 Å². The van der Waals surface area contributed by atoms with E-state index in [0.29, 0.717) is 6.07 Å². The third kappa shape index (κ3) is 3.22. The summed E-state index contributed by atoms with van der Waals surface area (Å²) in [6, 6.07) is 5.45. The molecule has 1 aromatic heterocycles. The summed E-state index contributed by atoms with van der Waals surface area (Å²) in [5.41, 5.74) is -3.07. The third-order valence-corrected chi connectivity index (χ3v) is 3.00. The van der Waals surface area contributed by atoms with Crippen LogP contribution in [0.15, 0.2) is 35.1 Å². The van der Waals surface area contributed by atoms with Gasteiger partial charge in [0.2, 0.25) is 0 Å². The fraction of sp³-hybridized carbons (Fsp3) is 0.0769. The molecule has 116 valence electrons. The van der Waals surface area contributed by atoms with Crippen LogP contribution in [0, 0.1) is 0 Å². The molecule has 5 nitrogen and oxygen atoms in total. The Morgan fingerprint density at radius 1 is 1.23 bits per heavy atom. The van der Waals surface area contributed by atoms with Crippen molar-refractivity contribution in [3.8, 4) is 5.75 Å². The number of nitrogens with one attached hydrogen (secondary N) is 2. The first-order chi connectivity index (χ1) is 10.2. The van der Waals surface area contributed by atoms with Crippen molar-refractivity contribution < 1.29 is 23.1 Å². The maximum atomic E-state index is 12.4. The molecule has 0 saturated heterocycles. The van der Waals surface area contributed by atoms with Gasteiger partial charge in [0.1, 0.15) is 11.3 Å². The second-order valence-electron chi connectivity index (χ2n) is 4.20. The summed E-state index contributed by atoms with van der Waals surface area (Å²) in [6.07, 6.45) is -4.72. The van der Waals surface area contributed by atoms with E-state index in [2.05, 4.69) is 5.32 Å². The van der Waals surface area contributed by atoms with Gasteiger partial charge in [-0.05, 0) is 24.3 Å². The van der Waals surface area contributed by atoms with E-state index in [1.54, 1.807) is 4.98 Å². The molecule has 0 spiro atoms. The number of carbonyl (C=O) groups is 1. The lowest BCUT2D eigenvalue weighted by molar-refractivity contribution is -0.141. The van der Waals surface area contributed by atoms with Crippen LogP contribution in [0.3, 0.4) is 0 Å². The van der Waals surface area contributed by atoms with Crippen molar-refractivity contribution in [1.82, 2.24) is 4.98 Å². The number of aromatic nitrogens is 1. The summed E-state index contributed by atoms with van der Waals surface area (Å²) in [7, 11) is 0. The lowest BCUT2D eigenvalue weighted by Crippen LogP contribution is -2.25. The van der Waals surface area contributed by atoms with Crippen LogP contribution in [0.25, 0.3) is 0 Å². The zero-order valence-corrected chi connectivity index (χ0v) is 11.4. The van der Waals surface area contributed by atoms with Crippen LogP contribution in [0.5, 0.6) is 5.75 Å². The zero-order valence-electron chi connectivity index (χ0n) is 10.7. The molecule has 0 atom stereocenters. The SMILES string of the molecule is O=C(Nc1cccc(Cl)c1O)c1ccc(C(F)(F)F)[nH]c1=O. The van der Waals surface area contributed by atoms with Crippen LogP contribution < -0.4 is 10.9 Å².